The highest BCUT2D eigenvalue weighted by atomic mass is 16.6. The van der Waals surface area contributed by atoms with Crippen LogP contribution in [0, 0.1) is 16.0 Å². The van der Waals surface area contributed by atoms with Crippen molar-refractivity contribution in [3.05, 3.63) is 45.5 Å². The van der Waals surface area contributed by atoms with Crippen molar-refractivity contribution in [1.82, 2.24) is 9.97 Å². The Kier molecular flexibility index (Phi) is 4.24. The second-order valence-corrected chi connectivity index (χ2v) is 5.79. The number of non-ortho nitro benzene ring substituents is 1. The fourth-order valence-electron chi connectivity index (χ4n) is 3.14. The molecule has 0 bridgehead atoms. The molecule has 0 aliphatic carbocycles. The van der Waals surface area contributed by atoms with Gasteiger partial charge in [-0.1, -0.05) is 12.1 Å². The molecule has 0 saturated heterocycles. The first-order valence-electron chi connectivity index (χ1n) is 7.63. The molecule has 3 rings (SSSR count). The summed E-state index contributed by atoms with van der Waals surface area (Å²) in [6.07, 6.45) is 0. The lowest BCUT2D eigenvalue weighted by Gasteiger charge is -2.30. The second kappa shape index (κ2) is 6.39. The average molecular weight is 356 g/mol. The summed E-state index contributed by atoms with van der Waals surface area (Å²) in [6, 6.07) is 5.96. The van der Waals surface area contributed by atoms with Gasteiger partial charge in [0.15, 0.2) is 5.82 Å². The molecule has 0 saturated carbocycles. The van der Waals surface area contributed by atoms with E-state index in [1.54, 1.807) is 13.0 Å². The predicted octanol–water partition coefficient (Wildman–Crippen LogP) is 1.58. The summed E-state index contributed by atoms with van der Waals surface area (Å²) in [4.78, 5) is 35.4. The third-order valence-corrected chi connectivity index (χ3v) is 4.24. The van der Waals surface area contributed by atoms with E-state index in [1.165, 1.54) is 25.3 Å². The van der Waals surface area contributed by atoms with Crippen molar-refractivity contribution in [2.24, 2.45) is 10.9 Å². The van der Waals surface area contributed by atoms with Crippen LogP contribution in [0.1, 0.15) is 24.0 Å². The van der Waals surface area contributed by atoms with Gasteiger partial charge in [-0.25, -0.2) is 4.99 Å². The summed E-state index contributed by atoms with van der Waals surface area (Å²) in [6.45, 7) is 1.66. The van der Waals surface area contributed by atoms with Crippen molar-refractivity contribution < 1.29 is 14.5 Å². The Labute approximate surface area is 148 Å². The first kappa shape index (κ1) is 17.3. The smallest absolute Gasteiger partial charge is 0.315 e. The number of nitrogen functional groups attached to an aromatic ring is 2. The molecule has 1 aromatic carbocycles. The molecule has 1 aromatic heterocycles. The molecule has 134 valence electrons. The van der Waals surface area contributed by atoms with Crippen molar-refractivity contribution in [1.29, 1.82) is 0 Å². The fourth-order valence-corrected chi connectivity index (χ4v) is 3.14. The van der Waals surface area contributed by atoms with E-state index in [1.807, 2.05) is 0 Å². The highest BCUT2D eigenvalue weighted by Crippen LogP contribution is 2.45. The average Bonchev–Trinajstić information content (AvgIpc) is 2.59. The van der Waals surface area contributed by atoms with E-state index >= 15 is 0 Å². The number of hydrogen-bond donors (Lipinski definition) is 2. The SMILES string of the molecule is COC(=O)C1C(C)=Nc2nc(N)nc(N)c2C1c1cccc([N+](=O)[O-])c1. The standard InChI is InChI=1S/C16H16N6O4/c1-7-10(15(23)26-2)11(8-4-3-5-9(6-8)22(24)25)12-13(17)20-16(18)21-14(12)19-7/h3-6,10-11H,1-2H3,(H4,17,18,20,21). The first-order valence-corrected chi connectivity index (χ1v) is 7.63. The van der Waals surface area contributed by atoms with Gasteiger partial charge < -0.3 is 16.2 Å². The zero-order valence-electron chi connectivity index (χ0n) is 14.0. The number of ether oxygens (including phenoxy) is 1. The van der Waals surface area contributed by atoms with Gasteiger partial charge in [0.05, 0.1) is 12.0 Å². The van der Waals surface area contributed by atoms with Gasteiger partial charge in [-0.15, -0.1) is 0 Å². The number of esters is 1. The summed E-state index contributed by atoms with van der Waals surface area (Å²) >= 11 is 0. The molecule has 2 heterocycles. The molecule has 26 heavy (non-hydrogen) atoms. The van der Waals surface area contributed by atoms with E-state index < -0.39 is 22.7 Å². The van der Waals surface area contributed by atoms with Crippen LogP contribution in [0.3, 0.4) is 0 Å². The number of benzene rings is 1. The Bertz CT molecular complexity index is 942. The van der Waals surface area contributed by atoms with Gasteiger partial charge in [-0.3, -0.25) is 14.9 Å². The van der Waals surface area contributed by atoms with Crippen LogP contribution in [0.5, 0.6) is 0 Å². The third kappa shape index (κ3) is 2.81. The molecule has 0 radical (unpaired) electrons. The van der Waals surface area contributed by atoms with E-state index in [9.17, 15) is 14.9 Å². The van der Waals surface area contributed by atoms with Gasteiger partial charge in [0.2, 0.25) is 5.95 Å². The summed E-state index contributed by atoms with van der Waals surface area (Å²) in [5, 5.41) is 11.2. The highest BCUT2D eigenvalue weighted by Gasteiger charge is 2.41. The molecular formula is C16H16N6O4. The molecule has 0 amide bonds. The molecule has 1 aliphatic heterocycles. The van der Waals surface area contributed by atoms with Gasteiger partial charge in [-0.05, 0) is 12.5 Å². The summed E-state index contributed by atoms with van der Waals surface area (Å²) in [7, 11) is 1.26. The van der Waals surface area contributed by atoms with Gasteiger partial charge in [0.1, 0.15) is 11.7 Å². The van der Waals surface area contributed by atoms with Crippen LogP contribution in [0.15, 0.2) is 29.3 Å². The number of aliphatic imine (C=N–C) groups is 1. The number of rotatable bonds is 3. The van der Waals surface area contributed by atoms with Crippen LogP contribution < -0.4 is 11.5 Å². The zero-order valence-corrected chi connectivity index (χ0v) is 14.0. The number of methoxy groups -OCH3 is 1. The number of nitro groups is 1. The van der Waals surface area contributed by atoms with Gasteiger partial charge in [0.25, 0.3) is 5.69 Å². The maximum Gasteiger partial charge on any atom is 0.315 e. The van der Waals surface area contributed by atoms with Crippen LogP contribution in [0.2, 0.25) is 0 Å². The van der Waals surface area contributed by atoms with E-state index in [0.29, 0.717) is 16.8 Å². The topological polar surface area (TPSA) is 160 Å². The minimum atomic E-state index is -0.816. The van der Waals surface area contributed by atoms with Gasteiger partial charge >= 0.3 is 5.97 Å². The highest BCUT2D eigenvalue weighted by molar-refractivity contribution is 6.05. The minimum Gasteiger partial charge on any atom is -0.468 e. The normalized spacial score (nSPS) is 18.6. The number of carbonyl (C=O) groups is 1. The molecule has 2 unspecified atom stereocenters. The number of nitrogens with two attached hydrogens (primary N) is 2. The van der Waals surface area contributed by atoms with Crippen LogP contribution >= 0.6 is 0 Å². The Balaban J connectivity index is 2.28. The molecule has 2 atom stereocenters. The predicted molar refractivity (Wildman–Crippen MR) is 94.1 cm³/mol. The number of nitrogens with zero attached hydrogens (tertiary/aromatic N) is 4. The Morgan fingerprint density at radius 3 is 2.69 bits per heavy atom. The van der Waals surface area contributed by atoms with Crippen molar-refractivity contribution in [2.45, 2.75) is 12.8 Å². The Morgan fingerprint density at radius 2 is 2.04 bits per heavy atom. The van der Waals surface area contributed by atoms with Crippen molar-refractivity contribution in [3.8, 4) is 0 Å². The quantitative estimate of drug-likeness (QED) is 0.476. The van der Waals surface area contributed by atoms with Crippen molar-refractivity contribution >= 4 is 35.0 Å². The van der Waals surface area contributed by atoms with E-state index in [-0.39, 0.29) is 23.3 Å². The summed E-state index contributed by atoms with van der Waals surface area (Å²) in [5.74, 6) is -1.78. The number of hydrogen-bond acceptors (Lipinski definition) is 9. The summed E-state index contributed by atoms with van der Waals surface area (Å²) in [5.41, 5.74) is 12.9. The molecule has 0 fully saturated rings. The van der Waals surface area contributed by atoms with Crippen LogP contribution in [0.4, 0.5) is 23.3 Å². The summed E-state index contributed by atoms with van der Waals surface area (Å²) < 4.78 is 4.91. The maximum absolute atomic E-state index is 12.4. The molecular weight excluding hydrogens is 340 g/mol. The van der Waals surface area contributed by atoms with Crippen LogP contribution in [-0.4, -0.2) is 33.7 Å². The number of carbonyl (C=O) groups excluding carboxylic acids is 1. The fraction of sp³-hybridized carbons (Fsp3) is 0.250. The Hall–Kier alpha value is -3.56. The van der Waals surface area contributed by atoms with E-state index in [0.717, 1.165) is 0 Å². The number of fused-ring (bicyclic) bond motifs is 1. The second-order valence-electron chi connectivity index (χ2n) is 5.79. The minimum absolute atomic E-state index is 0.0490. The van der Waals surface area contributed by atoms with Crippen molar-refractivity contribution in [2.75, 3.05) is 18.6 Å². The van der Waals surface area contributed by atoms with Crippen LogP contribution in [-0.2, 0) is 9.53 Å². The molecule has 2 aromatic rings. The van der Waals surface area contributed by atoms with Gasteiger partial charge in [-0.2, -0.15) is 9.97 Å². The largest absolute Gasteiger partial charge is 0.468 e. The monoisotopic (exact) mass is 356 g/mol. The third-order valence-electron chi connectivity index (χ3n) is 4.24. The van der Waals surface area contributed by atoms with Crippen molar-refractivity contribution in [3.63, 3.8) is 0 Å². The van der Waals surface area contributed by atoms with Gasteiger partial charge in [0, 0.05) is 29.3 Å². The molecule has 4 N–H and O–H groups in total. The lowest BCUT2D eigenvalue weighted by molar-refractivity contribution is -0.384. The lowest BCUT2D eigenvalue weighted by Crippen LogP contribution is -2.33. The maximum atomic E-state index is 12.4. The first-order chi connectivity index (χ1) is 12.3. The zero-order chi connectivity index (χ0) is 19.0. The Morgan fingerprint density at radius 1 is 1.31 bits per heavy atom. The molecule has 0 spiro atoms. The molecule has 10 nitrogen and oxygen atoms in total. The lowest BCUT2D eigenvalue weighted by atomic mass is 9.76. The molecule has 10 heteroatoms. The number of nitro benzene ring substituents is 1. The molecule has 1 aliphatic rings. The van der Waals surface area contributed by atoms with E-state index in [4.69, 9.17) is 16.2 Å². The number of anilines is 2. The van der Waals surface area contributed by atoms with E-state index in [2.05, 4.69) is 15.0 Å². The van der Waals surface area contributed by atoms with Crippen LogP contribution in [0.25, 0.3) is 0 Å². The number of aromatic nitrogens is 2.